The first-order valence-corrected chi connectivity index (χ1v) is 9.68. The number of hydrogen-bond acceptors (Lipinski definition) is 5. The normalized spacial score (nSPS) is 18.3. The van der Waals surface area contributed by atoms with E-state index in [2.05, 4.69) is 10.3 Å². The lowest BCUT2D eigenvalue weighted by Crippen LogP contribution is -2.44. The zero-order chi connectivity index (χ0) is 21.9. The molecule has 1 unspecified atom stereocenters. The van der Waals surface area contributed by atoms with E-state index in [1.807, 2.05) is 25.1 Å². The second kappa shape index (κ2) is 8.52. The minimum atomic E-state index is -1.23. The Morgan fingerprint density at radius 2 is 1.93 bits per heavy atom. The molecular weight excluding hydrogens is 384 g/mol. The molecule has 158 valence electrons. The van der Waals surface area contributed by atoms with Gasteiger partial charge in [-0.1, -0.05) is 6.07 Å². The molecule has 1 atom stereocenters. The minimum absolute atomic E-state index is 0.303. The zero-order valence-electron chi connectivity index (χ0n) is 17.6. The number of carbonyl (C=O) groups excluding carboxylic acids is 3. The molecule has 0 radical (unpaired) electrons. The van der Waals surface area contributed by atoms with Crippen molar-refractivity contribution in [1.29, 1.82) is 0 Å². The van der Waals surface area contributed by atoms with Gasteiger partial charge in [0, 0.05) is 26.0 Å². The fraction of sp³-hybridized carbons (Fsp3) is 0.364. The summed E-state index contributed by atoms with van der Waals surface area (Å²) in [6.45, 7) is 3.68. The summed E-state index contributed by atoms with van der Waals surface area (Å²) >= 11 is 0. The van der Waals surface area contributed by atoms with E-state index in [0.717, 1.165) is 16.0 Å². The first kappa shape index (κ1) is 21.3. The molecule has 2 heterocycles. The topological polar surface area (TPSA) is 91.8 Å². The predicted molar refractivity (Wildman–Crippen MR) is 111 cm³/mol. The Hall–Kier alpha value is -3.42. The van der Waals surface area contributed by atoms with E-state index >= 15 is 0 Å². The monoisotopic (exact) mass is 410 g/mol. The number of ether oxygens (including phenoxy) is 1. The smallest absolute Gasteiger partial charge is 0.325 e. The highest BCUT2D eigenvalue weighted by atomic mass is 16.5. The maximum atomic E-state index is 13.1. The first-order chi connectivity index (χ1) is 14.3. The van der Waals surface area contributed by atoms with Crippen LogP contribution in [0.25, 0.3) is 0 Å². The number of aromatic nitrogens is 1. The molecule has 0 bridgehead atoms. The molecule has 1 saturated heterocycles. The number of imide groups is 1. The quantitative estimate of drug-likeness (QED) is 0.704. The van der Waals surface area contributed by atoms with Gasteiger partial charge in [-0.05, 0) is 61.2 Å². The molecule has 8 nitrogen and oxygen atoms in total. The third kappa shape index (κ3) is 4.12. The Morgan fingerprint density at radius 1 is 1.23 bits per heavy atom. The SMILES string of the molecule is COc1ccc(C2(C)NC(=O)N(CC(=O)N(C)CCc3ccncc3)C2=O)cc1C. The summed E-state index contributed by atoms with van der Waals surface area (Å²) in [4.78, 5) is 44.7. The standard InChI is InChI=1S/C22H26N4O4/c1-15-13-17(5-6-18(15)30-4)22(2)20(28)26(21(29)24-22)14-19(27)25(3)12-9-16-7-10-23-11-8-16/h5-8,10-11,13H,9,12,14H2,1-4H3,(H,24,29). The highest BCUT2D eigenvalue weighted by Gasteiger charge is 2.49. The Balaban J connectivity index is 1.68. The van der Waals surface area contributed by atoms with Crippen LogP contribution in [0.1, 0.15) is 23.6 Å². The molecule has 1 fully saturated rings. The fourth-order valence-electron chi connectivity index (χ4n) is 3.45. The molecule has 30 heavy (non-hydrogen) atoms. The lowest BCUT2D eigenvalue weighted by molar-refractivity contribution is -0.138. The fourth-order valence-corrected chi connectivity index (χ4v) is 3.45. The van der Waals surface area contributed by atoms with Crippen LogP contribution in [0.3, 0.4) is 0 Å². The van der Waals surface area contributed by atoms with Gasteiger partial charge in [-0.15, -0.1) is 0 Å². The van der Waals surface area contributed by atoms with Crippen molar-refractivity contribution in [2.24, 2.45) is 0 Å². The third-order valence-electron chi connectivity index (χ3n) is 5.45. The number of aryl methyl sites for hydroxylation is 1. The molecule has 1 aliphatic heterocycles. The largest absolute Gasteiger partial charge is 0.496 e. The first-order valence-electron chi connectivity index (χ1n) is 9.68. The van der Waals surface area contributed by atoms with Crippen LogP contribution in [0.15, 0.2) is 42.7 Å². The van der Waals surface area contributed by atoms with Gasteiger partial charge in [0.2, 0.25) is 5.91 Å². The van der Waals surface area contributed by atoms with Crippen LogP contribution < -0.4 is 10.1 Å². The highest BCUT2D eigenvalue weighted by molar-refractivity contribution is 6.09. The van der Waals surface area contributed by atoms with Crippen molar-refractivity contribution in [3.8, 4) is 5.75 Å². The van der Waals surface area contributed by atoms with E-state index in [4.69, 9.17) is 4.74 Å². The number of carbonyl (C=O) groups is 3. The van der Waals surface area contributed by atoms with Gasteiger partial charge in [-0.3, -0.25) is 19.5 Å². The predicted octanol–water partition coefficient (Wildman–Crippen LogP) is 1.87. The van der Waals surface area contributed by atoms with Crippen molar-refractivity contribution in [3.05, 3.63) is 59.4 Å². The average Bonchev–Trinajstić information content (AvgIpc) is 2.96. The van der Waals surface area contributed by atoms with E-state index in [1.54, 1.807) is 45.6 Å². The molecule has 4 amide bonds. The minimum Gasteiger partial charge on any atom is -0.496 e. The Labute approximate surface area is 175 Å². The van der Waals surface area contributed by atoms with Gasteiger partial charge in [0.15, 0.2) is 0 Å². The highest BCUT2D eigenvalue weighted by Crippen LogP contribution is 2.31. The third-order valence-corrected chi connectivity index (χ3v) is 5.45. The van der Waals surface area contributed by atoms with Crippen LogP contribution in [-0.2, 0) is 21.5 Å². The summed E-state index contributed by atoms with van der Waals surface area (Å²) in [5, 5.41) is 2.73. The summed E-state index contributed by atoms with van der Waals surface area (Å²) in [6.07, 6.45) is 4.06. The maximum Gasteiger partial charge on any atom is 0.325 e. The number of nitrogens with one attached hydrogen (secondary N) is 1. The van der Waals surface area contributed by atoms with Crippen molar-refractivity contribution >= 4 is 17.8 Å². The van der Waals surface area contributed by atoms with Gasteiger partial charge in [0.05, 0.1) is 7.11 Å². The second-order valence-electron chi connectivity index (χ2n) is 7.55. The van der Waals surface area contributed by atoms with Crippen molar-refractivity contribution in [2.75, 3.05) is 27.2 Å². The van der Waals surface area contributed by atoms with Crippen LogP contribution in [0.2, 0.25) is 0 Å². The van der Waals surface area contributed by atoms with Crippen LogP contribution >= 0.6 is 0 Å². The summed E-state index contributed by atoms with van der Waals surface area (Å²) in [5.41, 5.74) is 1.31. The Bertz CT molecular complexity index is 963. The number of rotatable bonds is 7. The molecule has 1 aromatic heterocycles. The number of benzene rings is 1. The van der Waals surface area contributed by atoms with Gasteiger partial charge >= 0.3 is 6.03 Å². The average molecular weight is 410 g/mol. The summed E-state index contributed by atoms with van der Waals surface area (Å²) in [7, 11) is 3.23. The van der Waals surface area contributed by atoms with Gasteiger partial charge in [0.25, 0.3) is 5.91 Å². The van der Waals surface area contributed by atoms with E-state index in [1.165, 1.54) is 4.90 Å². The van der Waals surface area contributed by atoms with Crippen LogP contribution in [0.5, 0.6) is 5.75 Å². The van der Waals surface area contributed by atoms with Gasteiger partial charge in [-0.25, -0.2) is 4.79 Å². The molecule has 1 N–H and O–H groups in total. The Morgan fingerprint density at radius 3 is 2.57 bits per heavy atom. The molecule has 3 rings (SSSR count). The lowest BCUT2D eigenvalue weighted by atomic mass is 9.90. The maximum absolute atomic E-state index is 13.1. The molecule has 8 heteroatoms. The van der Waals surface area contributed by atoms with E-state index in [-0.39, 0.29) is 12.5 Å². The van der Waals surface area contributed by atoms with Crippen molar-refractivity contribution in [1.82, 2.24) is 20.1 Å². The molecule has 0 spiro atoms. The van der Waals surface area contributed by atoms with Crippen LogP contribution in [0, 0.1) is 6.92 Å². The van der Waals surface area contributed by atoms with Gasteiger partial charge in [0.1, 0.15) is 17.8 Å². The number of nitrogens with zero attached hydrogens (tertiary/aromatic N) is 3. The summed E-state index contributed by atoms with van der Waals surface area (Å²) in [5.74, 6) is -0.0577. The molecule has 0 aliphatic carbocycles. The van der Waals surface area contributed by atoms with E-state index < -0.39 is 17.5 Å². The lowest BCUT2D eigenvalue weighted by Gasteiger charge is -2.24. The van der Waals surface area contributed by atoms with E-state index in [9.17, 15) is 14.4 Å². The number of pyridine rings is 1. The van der Waals surface area contributed by atoms with Crippen LogP contribution in [-0.4, -0.2) is 59.9 Å². The summed E-state index contributed by atoms with van der Waals surface area (Å²) in [6, 6.07) is 8.51. The number of hydrogen-bond donors (Lipinski definition) is 1. The van der Waals surface area contributed by atoms with Crippen molar-refractivity contribution in [2.45, 2.75) is 25.8 Å². The van der Waals surface area contributed by atoms with Crippen molar-refractivity contribution in [3.63, 3.8) is 0 Å². The molecule has 1 aromatic carbocycles. The van der Waals surface area contributed by atoms with Gasteiger partial charge < -0.3 is 15.0 Å². The van der Waals surface area contributed by atoms with Crippen LogP contribution in [0.4, 0.5) is 4.79 Å². The Kier molecular flexibility index (Phi) is 6.05. The molecule has 2 aromatic rings. The zero-order valence-corrected chi connectivity index (χ0v) is 17.6. The number of likely N-dealkylation sites (N-methyl/N-ethyl adjacent to an activating group) is 1. The number of methoxy groups -OCH3 is 1. The second-order valence-corrected chi connectivity index (χ2v) is 7.55. The van der Waals surface area contributed by atoms with E-state index in [0.29, 0.717) is 24.3 Å². The number of amides is 4. The molecule has 0 saturated carbocycles. The molecular formula is C22H26N4O4. The van der Waals surface area contributed by atoms with Crippen molar-refractivity contribution < 1.29 is 19.1 Å². The summed E-state index contributed by atoms with van der Waals surface area (Å²) < 4.78 is 5.26. The molecule has 1 aliphatic rings. The number of urea groups is 1. The van der Waals surface area contributed by atoms with Gasteiger partial charge in [-0.2, -0.15) is 0 Å².